The first kappa shape index (κ1) is 10.5. The zero-order chi connectivity index (χ0) is 10.5. The van der Waals surface area contributed by atoms with Crippen LogP contribution in [0.4, 0.5) is 0 Å². The van der Waals surface area contributed by atoms with Crippen LogP contribution in [0.1, 0.15) is 12.2 Å². The molecule has 1 aliphatic heterocycles. The third-order valence-electron chi connectivity index (χ3n) is 2.23. The summed E-state index contributed by atoms with van der Waals surface area (Å²) in [5.74, 6) is 2.18. The molecule has 5 nitrogen and oxygen atoms in total. The molecule has 0 unspecified atom stereocenters. The van der Waals surface area contributed by atoms with Crippen molar-refractivity contribution in [3.05, 3.63) is 12.2 Å². The molecule has 0 atom stereocenters. The van der Waals surface area contributed by atoms with Crippen LogP contribution in [0.25, 0.3) is 0 Å². The van der Waals surface area contributed by atoms with Crippen LogP contribution in [-0.4, -0.2) is 38.8 Å². The van der Waals surface area contributed by atoms with Crippen LogP contribution in [-0.2, 0) is 13.5 Å². The summed E-state index contributed by atoms with van der Waals surface area (Å²) in [7, 11) is 1.96. The van der Waals surface area contributed by atoms with Crippen LogP contribution < -0.4 is 5.32 Å². The maximum atomic E-state index is 4.40. The Balaban J connectivity index is 1.75. The van der Waals surface area contributed by atoms with E-state index in [0.717, 1.165) is 30.5 Å². The molecule has 1 aliphatic rings. The van der Waals surface area contributed by atoms with E-state index >= 15 is 0 Å². The van der Waals surface area contributed by atoms with E-state index in [1.54, 1.807) is 18.1 Å². The smallest absolute Gasteiger partial charge is 0.156 e. The number of hydrogen-bond donors (Lipinski definition) is 1. The molecule has 1 N–H and O–H groups in total. The summed E-state index contributed by atoms with van der Waals surface area (Å²) >= 11 is 1.80. The minimum atomic E-state index is 0.873. The second-order valence-corrected chi connectivity index (χ2v) is 4.51. The molecule has 0 aromatic carbocycles. The molecule has 0 saturated carbocycles. The lowest BCUT2D eigenvalue weighted by atomic mass is 10.4. The monoisotopic (exact) mass is 225 g/mol. The van der Waals surface area contributed by atoms with Gasteiger partial charge in [-0.05, 0) is 6.42 Å². The molecule has 0 amide bonds. The normalized spacial score (nSPS) is 16.2. The molecule has 2 heterocycles. The molecule has 0 spiro atoms. The van der Waals surface area contributed by atoms with E-state index in [1.165, 1.54) is 12.2 Å². The summed E-state index contributed by atoms with van der Waals surface area (Å²) in [5, 5.41) is 12.3. The van der Waals surface area contributed by atoms with E-state index in [-0.39, 0.29) is 0 Å². The van der Waals surface area contributed by atoms with Gasteiger partial charge < -0.3 is 9.88 Å². The molecular weight excluding hydrogens is 210 g/mol. The fourth-order valence-electron chi connectivity index (χ4n) is 1.38. The zero-order valence-electron chi connectivity index (χ0n) is 8.81. The number of thioether (sulfide) groups is 1. The number of rotatable bonds is 3. The first-order valence-corrected chi connectivity index (χ1v) is 6.09. The van der Waals surface area contributed by atoms with Crippen LogP contribution >= 0.6 is 11.8 Å². The van der Waals surface area contributed by atoms with Gasteiger partial charge in [0.15, 0.2) is 5.17 Å². The maximum absolute atomic E-state index is 4.40. The van der Waals surface area contributed by atoms with Crippen LogP contribution in [0.5, 0.6) is 0 Å². The number of aryl methyl sites for hydroxylation is 1. The van der Waals surface area contributed by atoms with Crippen LogP contribution in [0, 0.1) is 0 Å². The zero-order valence-corrected chi connectivity index (χ0v) is 9.63. The minimum absolute atomic E-state index is 0.873. The van der Waals surface area contributed by atoms with E-state index in [2.05, 4.69) is 20.5 Å². The van der Waals surface area contributed by atoms with Gasteiger partial charge in [-0.25, -0.2) is 0 Å². The molecule has 6 heteroatoms. The van der Waals surface area contributed by atoms with Crippen molar-refractivity contribution in [1.29, 1.82) is 0 Å². The predicted octanol–water partition coefficient (Wildman–Crippen LogP) is 0.440. The quantitative estimate of drug-likeness (QED) is 0.811. The number of nitrogens with zero attached hydrogens (tertiary/aromatic N) is 4. The SMILES string of the molecule is Cn1cnnc1CCNC1=NCCCS1. The third kappa shape index (κ3) is 2.95. The van der Waals surface area contributed by atoms with E-state index < -0.39 is 0 Å². The van der Waals surface area contributed by atoms with Crippen molar-refractivity contribution < 1.29 is 0 Å². The lowest BCUT2D eigenvalue weighted by Gasteiger charge is -2.12. The van der Waals surface area contributed by atoms with Crippen LogP contribution in [0.15, 0.2) is 11.3 Å². The number of amidine groups is 1. The lowest BCUT2D eigenvalue weighted by molar-refractivity contribution is 0.747. The molecule has 0 bridgehead atoms. The molecule has 0 radical (unpaired) electrons. The number of hydrogen-bond acceptors (Lipinski definition) is 5. The highest BCUT2D eigenvalue weighted by atomic mass is 32.2. The highest BCUT2D eigenvalue weighted by Gasteiger charge is 2.05. The van der Waals surface area contributed by atoms with Gasteiger partial charge in [0.25, 0.3) is 0 Å². The highest BCUT2D eigenvalue weighted by molar-refractivity contribution is 8.13. The van der Waals surface area contributed by atoms with Crippen molar-refractivity contribution in [3.63, 3.8) is 0 Å². The summed E-state index contributed by atoms with van der Waals surface area (Å²) in [6.07, 6.45) is 3.80. The number of aliphatic imine (C=N–C) groups is 1. The Kier molecular flexibility index (Phi) is 3.60. The maximum Gasteiger partial charge on any atom is 0.156 e. The third-order valence-corrected chi connectivity index (χ3v) is 3.27. The van der Waals surface area contributed by atoms with Gasteiger partial charge in [0.05, 0.1) is 0 Å². The van der Waals surface area contributed by atoms with Gasteiger partial charge in [-0.3, -0.25) is 4.99 Å². The summed E-state index contributed by atoms with van der Waals surface area (Å²) in [6, 6.07) is 0. The average Bonchev–Trinajstić information content (AvgIpc) is 2.66. The fraction of sp³-hybridized carbons (Fsp3) is 0.667. The Bertz CT molecular complexity index is 346. The lowest BCUT2D eigenvalue weighted by Crippen LogP contribution is -2.26. The van der Waals surface area contributed by atoms with Gasteiger partial charge >= 0.3 is 0 Å². The van der Waals surface area contributed by atoms with Gasteiger partial charge in [-0.2, -0.15) is 0 Å². The Morgan fingerprint density at radius 1 is 1.60 bits per heavy atom. The molecule has 1 aromatic heterocycles. The van der Waals surface area contributed by atoms with Gasteiger partial charge in [0.2, 0.25) is 0 Å². The second kappa shape index (κ2) is 5.16. The van der Waals surface area contributed by atoms with Crippen molar-refractivity contribution in [2.45, 2.75) is 12.8 Å². The Hall–Kier alpha value is -1.04. The summed E-state index contributed by atoms with van der Waals surface area (Å²) in [5.41, 5.74) is 0. The predicted molar refractivity (Wildman–Crippen MR) is 62.1 cm³/mol. The molecule has 2 rings (SSSR count). The van der Waals surface area contributed by atoms with Gasteiger partial charge in [0, 0.05) is 32.3 Å². The molecule has 0 aliphatic carbocycles. The first-order valence-electron chi connectivity index (χ1n) is 5.10. The van der Waals surface area contributed by atoms with Crippen molar-refractivity contribution >= 4 is 16.9 Å². The van der Waals surface area contributed by atoms with E-state index in [9.17, 15) is 0 Å². The van der Waals surface area contributed by atoms with Crippen molar-refractivity contribution in [2.24, 2.45) is 12.0 Å². The molecule has 0 saturated heterocycles. The second-order valence-electron chi connectivity index (χ2n) is 3.42. The molecule has 0 fully saturated rings. The molecular formula is C9H15N5S. The van der Waals surface area contributed by atoms with Crippen LogP contribution in [0.2, 0.25) is 0 Å². The van der Waals surface area contributed by atoms with Crippen LogP contribution in [0.3, 0.4) is 0 Å². The molecule has 1 aromatic rings. The summed E-state index contributed by atoms with van der Waals surface area (Å²) in [6.45, 7) is 1.83. The average molecular weight is 225 g/mol. The minimum Gasteiger partial charge on any atom is -0.364 e. The van der Waals surface area contributed by atoms with Gasteiger partial charge in [-0.15, -0.1) is 10.2 Å². The first-order chi connectivity index (χ1) is 7.36. The van der Waals surface area contributed by atoms with E-state index in [1.807, 2.05) is 11.6 Å². The highest BCUT2D eigenvalue weighted by Crippen LogP contribution is 2.09. The van der Waals surface area contributed by atoms with Crippen molar-refractivity contribution in [2.75, 3.05) is 18.8 Å². The molecule has 82 valence electrons. The topological polar surface area (TPSA) is 55.1 Å². The Labute approximate surface area is 93.4 Å². The van der Waals surface area contributed by atoms with Crippen molar-refractivity contribution in [1.82, 2.24) is 20.1 Å². The Morgan fingerprint density at radius 3 is 3.20 bits per heavy atom. The Morgan fingerprint density at radius 2 is 2.53 bits per heavy atom. The van der Waals surface area contributed by atoms with E-state index in [0.29, 0.717) is 0 Å². The summed E-state index contributed by atoms with van der Waals surface area (Å²) in [4.78, 5) is 4.40. The van der Waals surface area contributed by atoms with E-state index in [4.69, 9.17) is 0 Å². The number of aromatic nitrogens is 3. The fourth-order valence-corrected chi connectivity index (χ4v) is 2.23. The van der Waals surface area contributed by atoms with Gasteiger partial charge in [-0.1, -0.05) is 11.8 Å². The molecule has 15 heavy (non-hydrogen) atoms. The standard InChI is InChI=1S/C9H15N5S/c1-14-7-12-13-8(14)3-5-11-9-10-4-2-6-15-9/h7H,2-6H2,1H3,(H,10,11). The largest absolute Gasteiger partial charge is 0.364 e. The number of nitrogens with one attached hydrogen (secondary N) is 1. The summed E-state index contributed by atoms with van der Waals surface area (Å²) < 4.78 is 1.94. The van der Waals surface area contributed by atoms with Gasteiger partial charge in [0.1, 0.15) is 12.2 Å². The van der Waals surface area contributed by atoms with Crippen molar-refractivity contribution in [3.8, 4) is 0 Å².